The molecular weight excluding hydrogens is 551 g/mol. The van der Waals surface area contributed by atoms with E-state index in [1.807, 2.05) is 13.8 Å². The van der Waals surface area contributed by atoms with Crippen molar-refractivity contribution in [1.82, 2.24) is 10.2 Å². The van der Waals surface area contributed by atoms with Crippen LogP contribution in [0.2, 0.25) is 0 Å². The fraction of sp³-hybridized carbons (Fsp3) is 0.321. The van der Waals surface area contributed by atoms with E-state index in [0.717, 1.165) is 5.56 Å². The number of nitrogens with one attached hydrogen (secondary N) is 1. The number of carbonyl (C=O) groups is 2. The Bertz CT molecular complexity index is 1630. The zero-order valence-electron chi connectivity index (χ0n) is 22.4. The van der Waals surface area contributed by atoms with Crippen LogP contribution in [0, 0.1) is 36.4 Å². The van der Waals surface area contributed by atoms with Crippen LogP contribution < -0.4 is 16.0 Å². The van der Waals surface area contributed by atoms with Crippen LogP contribution in [0.1, 0.15) is 49.7 Å². The molecule has 1 amide bonds. The van der Waals surface area contributed by atoms with Crippen LogP contribution >= 0.6 is 23.1 Å². The number of Topliss-reactive ketones (excluding diaryl/α,β-unsaturated/α-hetero) is 1. The minimum atomic E-state index is -0.703. The lowest BCUT2D eigenvalue weighted by molar-refractivity contribution is -0.118. The quantitative estimate of drug-likeness (QED) is 0.360. The van der Waals surface area contributed by atoms with Crippen LogP contribution in [0.25, 0.3) is 0 Å². The Morgan fingerprint density at radius 1 is 1.30 bits per heavy atom. The highest BCUT2D eigenvalue weighted by Gasteiger charge is 2.46. The number of aromatic nitrogens is 2. The van der Waals surface area contributed by atoms with Gasteiger partial charge in [-0.25, -0.2) is 4.39 Å². The van der Waals surface area contributed by atoms with Crippen molar-refractivity contribution in [1.29, 1.82) is 5.26 Å². The highest BCUT2D eigenvalue weighted by atomic mass is 32.2. The summed E-state index contributed by atoms with van der Waals surface area (Å²) in [6.07, 6.45) is 0.854. The van der Waals surface area contributed by atoms with Crippen molar-refractivity contribution in [3.05, 3.63) is 75.9 Å². The maximum Gasteiger partial charge on any atom is 0.234 e. The number of furan rings is 1. The van der Waals surface area contributed by atoms with Gasteiger partial charge in [0.25, 0.3) is 0 Å². The van der Waals surface area contributed by atoms with Gasteiger partial charge in [-0.2, -0.15) is 5.26 Å². The lowest BCUT2D eigenvalue weighted by Crippen LogP contribution is -2.42. The number of allylic oxidation sites excluding steroid dienone is 3. The molecule has 206 valence electrons. The van der Waals surface area contributed by atoms with Gasteiger partial charge >= 0.3 is 0 Å². The van der Waals surface area contributed by atoms with Crippen molar-refractivity contribution in [3.8, 4) is 6.07 Å². The van der Waals surface area contributed by atoms with Gasteiger partial charge in [0.15, 0.2) is 10.1 Å². The largest absolute Gasteiger partial charge is 0.465 e. The maximum atomic E-state index is 13.6. The number of nitrogens with two attached hydrogens (primary N) is 1. The van der Waals surface area contributed by atoms with Crippen LogP contribution in [-0.4, -0.2) is 27.6 Å². The average molecular weight is 579 g/mol. The molecule has 5 rings (SSSR count). The fourth-order valence-electron chi connectivity index (χ4n) is 5.01. The third-order valence-corrected chi connectivity index (χ3v) is 8.86. The highest BCUT2D eigenvalue weighted by Crippen LogP contribution is 2.51. The van der Waals surface area contributed by atoms with Gasteiger partial charge in [0.05, 0.1) is 23.3 Å². The molecule has 3 N–H and O–H groups in total. The monoisotopic (exact) mass is 578 g/mol. The van der Waals surface area contributed by atoms with Crippen molar-refractivity contribution < 1.29 is 18.4 Å². The number of hydrogen-bond acceptors (Lipinski definition) is 10. The topological polar surface area (TPSA) is 138 Å². The molecule has 2 aliphatic rings. The summed E-state index contributed by atoms with van der Waals surface area (Å²) in [6, 6.07) is 9.97. The Hall–Kier alpha value is -3.95. The van der Waals surface area contributed by atoms with Crippen LogP contribution in [0.5, 0.6) is 0 Å². The van der Waals surface area contributed by atoms with Gasteiger partial charge in [0.2, 0.25) is 11.0 Å². The smallest absolute Gasteiger partial charge is 0.234 e. The summed E-state index contributed by atoms with van der Waals surface area (Å²) in [5.74, 6) is -0.179. The Kier molecular flexibility index (Phi) is 7.29. The van der Waals surface area contributed by atoms with Gasteiger partial charge in [-0.05, 0) is 55.5 Å². The van der Waals surface area contributed by atoms with Crippen LogP contribution in [0.4, 0.5) is 15.2 Å². The molecule has 0 saturated heterocycles. The minimum absolute atomic E-state index is 0.0265. The summed E-state index contributed by atoms with van der Waals surface area (Å²) in [5, 5.41) is 21.8. The molecule has 3 aromatic rings. The van der Waals surface area contributed by atoms with E-state index in [0.29, 0.717) is 50.8 Å². The van der Waals surface area contributed by atoms with Crippen LogP contribution in [-0.2, 0) is 9.59 Å². The van der Waals surface area contributed by atoms with Crippen LogP contribution in [0.15, 0.2) is 61.8 Å². The van der Waals surface area contributed by atoms with Crippen molar-refractivity contribution >= 4 is 45.6 Å². The normalized spacial score (nSPS) is 18.6. The van der Waals surface area contributed by atoms with E-state index in [4.69, 9.17) is 10.2 Å². The molecule has 1 unspecified atom stereocenters. The minimum Gasteiger partial charge on any atom is -0.465 e. The zero-order chi connectivity index (χ0) is 28.8. The molecule has 0 saturated carbocycles. The van der Waals surface area contributed by atoms with E-state index in [1.54, 1.807) is 36.9 Å². The Labute approximate surface area is 238 Å². The Morgan fingerprint density at radius 3 is 2.77 bits per heavy atom. The third-order valence-electron chi connectivity index (χ3n) is 6.81. The SMILES string of the molecule is Cc1ccc(C2C(C#N)=C(N)N(c3nnc(SCC(=O)Nc4cc(F)ccc4C)s3)C3=C2C(=O)CC(C)(C)C3)o1. The Balaban J connectivity index is 1.45. The molecule has 12 heteroatoms. The van der Waals surface area contributed by atoms with E-state index >= 15 is 0 Å². The first-order valence-electron chi connectivity index (χ1n) is 12.5. The predicted molar refractivity (Wildman–Crippen MR) is 151 cm³/mol. The first-order valence-corrected chi connectivity index (χ1v) is 14.3. The number of ketones is 1. The molecule has 40 heavy (non-hydrogen) atoms. The van der Waals surface area contributed by atoms with Crippen LogP contribution in [0.3, 0.4) is 0 Å². The van der Waals surface area contributed by atoms with E-state index in [1.165, 1.54) is 35.2 Å². The van der Waals surface area contributed by atoms with E-state index < -0.39 is 11.7 Å². The molecule has 0 fully saturated rings. The van der Waals surface area contributed by atoms with Crippen molar-refractivity contribution in [2.24, 2.45) is 11.1 Å². The number of amides is 1. The molecule has 9 nitrogen and oxygen atoms in total. The number of anilines is 2. The lowest BCUT2D eigenvalue weighted by atomic mass is 9.69. The van der Waals surface area contributed by atoms with Gasteiger partial charge < -0.3 is 15.5 Å². The molecule has 1 aromatic carbocycles. The summed E-state index contributed by atoms with van der Waals surface area (Å²) in [7, 11) is 0. The van der Waals surface area contributed by atoms with Gasteiger partial charge in [0.1, 0.15) is 23.2 Å². The molecule has 1 aliphatic carbocycles. The van der Waals surface area contributed by atoms with E-state index in [-0.39, 0.29) is 34.3 Å². The van der Waals surface area contributed by atoms with E-state index in [9.17, 15) is 19.2 Å². The number of hydrogen-bond donors (Lipinski definition) is 2. The van der Waals surface area contributed by atoms with Gasteiger partial charge in [-0.15, -0.1) is 10.2 Å². The molecule has 1 aliphatic heterocycles. The maximum absolute atomic E-state index is 13.6. The second-order valence-electron chi connectivity index (χ2n) is 10.6. The summed E-state index contributed by atoms with van der Waals surface area (Å²) < 4.78 is 20.0. The molecule has 0 radical (unpaired) electrons. The van der Waals surface area contributed by atoms with Crippen molar-refractivity contribution in [2.45, 2.75) is 50.8 Å². The first-order chi connectivity index (χ1) is 19.0. The van der Waals surface area contributed by atoms with Crippen molar-refractivity contribution in [2.75, 3.05) is 16.0 Å². The third kappa shape index (κ3) is 5.26. The van der Waals surface area contributed by atoms with Crippen molar-refractivity contribution in [3.63, 3.8) is 0 Å². The number of rotatable bonds is 6. The standard InChI is InChI=1S/C28H27FN6O3S2/c1-14-5-7-16(29)9-18(14)32-22(37)13-39-27-34-33-26(40-27)35-19-10-28(3,4)11-20(36)24(19)23(17(12-30)25(35)31)21-8-6-15(2)38-21/h5-9,23H,10-11,13,31H2,1-4H3,(H,32,37). The number of nitriles is 1. The molecule has 0 spiro atoms. The predicted octanol–water partition coefficient (Wildman–Crippen LogP) is 5.56. The van der Waals surface area contributed by atoms with Gasteiger partial charge in [-0.1, -0.05) is 43.0 Å². The summed E-state index contributed by atoms with van der Waals surface area (Å²) in [6.45, 7) is 7.61. The summed E-state index contributed by atoms with van der Waals surface area (Å²) >= 11 is 2.37. The number of carbonyl (C=O) groups excluding carboxylic acids is 2. The second-order valence-corrected chi connectivity index (χ2v) is 12.8. The molecule has 1 atom stereocenters. The zero-order valence-corrected chi connectivity index (χ0v) is 24.0. The van der Waals surface area contributed by atoms with E-state index in [2.05, 4.69) is 21.6 Å². The number of nitrogens with zero attached hydrogens (tertiary/aromatic N) is 4. The number of benzene rings is 1. The average Bonchev–Trinajstić information content (AvgIpc) is 3.52. The molecule has 0 bridgehead atoms. The first kappa shape index (κ1) is 27.6. The second kappa shape index (κ2) is 10.6. The molecule has 2 aromatic heterocycles. The Morgan fingerprint density at radius 2 is 2.08 bits per heavy atom. The number of thioether (sulfide) groups is 1. The van der Waals surface area contributed by atoms with Gasteiger partial charge in [0, 0.05) is 23.4 Å². The molecular formula is C28H27FN6O3S2. The molecule has 3 heterocycles. The van der Waals surface area contributed by atoms with Gasteiger partial charge in [-0.3, -0.25) is 14.5 Å². The highest BCUT2D eigenvalue weighted by molar-refractivity contribution is 8.01. The summed E-state index contributed by atoms with van der Waals surface area (Å²) in [4.78, 5) is 27.7. The lowest BCUT2D eigenvalue weighted by Gasteiger charge is -2.42. The summed E-state index contributed by atoms with van der Waals surface area (Å²) in [5.41, 5.74) is 8.79. The number of aryl methyl sites for hydroxylation is 2. The number of halogens is 1. The fourth-order valence-corrected chi connectivity index (χ4v) is 6.69.